The summed E-state index contributed by atoms with van der Waals surface area (Å²) in [6.07, 6.45) is 0.903. The largest absolute Gasteiger partial charge is 0.444 e. The third-order valence-corrected chi connectivity index (χ3v) is 4.49. The van der Waals surface area contributed by atoms with E-state index in [9.17, 15) is 14.4 Å². The van der Waals surface area contributed by atoms with Gasteiger partial charge in [0.05, 0.1) is 16.6 Å². The van der Waals surface area contributed by atoms with Crippen molar-refractivity contribution >= 4 is 33.6 Å². The molecule has 2 amide bonds. The maximum Gasteiger partial charge on any atom is 0.407 e. The van der Waals surface area contributed by atoms with Crippen molar-refractivity contribution in [3.63, 3.8) is 0 Å². The molecule has 0 saturated heterocycles. The van der Waals surface area contributed by atoms with E-state index in [-0.39, 0.29) is 24.6 Å². The number of rotatable bonds is 4. The second-order valence-corrected chi connectivity index (χ2v) is 7.58. The number of carbonyl (C=O) groups excluding carboxylic acids is 2. The van der Waals surface area contributed by atoms with Gasteiger partial charge in [-0.25, -0.2) is 9.78 Å². The van der Waals surface area contributed by atoms with Crippen LogP contribution < -0.4 is 16.2 Å². The Bertz CT molecular complexity index is 863. The van der Waals surface area contributed by atoms with Crippen LogP contribution in [-0.2, 0) is 11.8 Å². The first-order valence-electron chi connectivity index (χ1n) is 7.80. The number of ether oxygens (including phenoxy) is 1. The third-order valence-electron chi connectivity index (χ3n) is 3.30. The molecule has 136 valence electrons. The zero-order valence-electron chi connectivity index (χ0n) is 14.9. The summed E-state index contributed by atoms with van der Waals surface area (Å²) in [6, 6.07) is 0. The molecule has 2 rings (SSSR count). The Hall–Kier alpha value is -2.42. The van der Waals surface area contributed by atoms with E-state index >= 15 is 0 Å². The number of thiophene rings is 1. The van der Waals surface area contributed by atoms with Crippen LogP contribution >= 0.6 is 11.3 Å². The van der Waals surface area contributed by atoms with Crippen LogP contribution in [0.15, 0.2) is 11.1 Å². The molecule has 2 heterocycles. The van der Waals surface area contributed by atoms with E-state index in [0.29, 0.717) is 20.7 Å². The summed E-state index contributed by atoms with van der Waals surface area (Å²) in [5.74, 6) is -0.298. The molecule has 0 spiro atoms. The second kappa shape index (κ2) is 7.22. The van der Waals surface area contributed by atoms with E-state index in [1.165, 1.54) is 22.2 Å². The Morgan fingerprint density at radius 2 is 1.92 bits per heavy atom. The number of aromatic nitrogens is 2. The third kappa shape index (κ3) is 4.56. The quantitative estimate of drug-likeness (QED) is 0.800. The Labute approximate surface area is 149 Å². The van der Waals surface area contributed by atoms with Gasteiger partial charge in [-0.3, -0.25) is 9.59 Å². The van der Waals surface area contributed by atoms with Crippen molar-refractivity contribution in [2.45, 2.75) is 33.3 Å². The van der Waals surface area contributed by atoms with Crippen molar-refractivity contribution in [3.8, 4) is 0 Å². The minimum atomic E-state index is -0.569. The van der Waals surface area contributed by atoms with Crippen molar-refractivity contribution in [1.29, 1.82) is 0 Å². The number of amides is 2. The van der Waals surface area contributed by atoms with Gasteiger partial charge in [-0.1, -0.05) is 0 Å². The van der Waals surface area contributed by atoms with Gasteiger partial charge in [-0.15, -0.1) is 11.3 Å². The fourth-order valence-electron chi connectivity index (χ4n) is 2.16. The predicted molar refractivity (Wildman–Crippen MR) is 96.2 cm³/mol. The summed E-state index contributed by atoms with van der Waals surface area (Å²) in [7, 11) is 1.62. The van der Waals surface area contributed by atoms with Crippen LogP contribution in [0, 0.1) is 6.92 Å². The number of hydrogen-bond acceptors (Lipinski definition) is 6. The van der Waals surface area contributed by atoms with Crippen LogP contribution in [0.2, 0.25) is 0 Å². The molecule has 0 saturated carbocycles. The molecule has 0 atom stereocenters. The van der Waals surface area contributed by atoms with Gasteiger partial charge in [0.25, 0.3) is 11.5 Å². The van der Waals surface area contributed by atoms with Gasteiger partial charge in [-0.05, 0) is 33.3 Å². The molecular formula is C16H22N4O4S. The van der Waals surface area contributed by atoms with Crippen LogP contribution in [0.4, 0.5) is 4.79 Å². The van der Waals surface area contributed by atoms with E-state index < -0.39 is 11.7 Å². The highest BCUT2D eigenvalue weighted by Gasteiger charge is 2.19. The second-order valence-electron chi connectivity index (χ2n) is 6.58. The molecule has 2 aromatic rings. The molecule has 25 heavy (non-hydrogen) atoms. The molecule has 0 aliphatic rings. The van der Waals surface area contributed by atoms with Gasteiger partial charge < -0.3 is 19.9 Å². The highest BCUT2D eigenvalue weighted by atomic mass is 32.1. The minimum absolute atomic E-state index is 0.176. The molecule has 9 heteroatoms. The number of hydrogen-bond donors (Lipinski definition) is 2. The van der Waals surface area contributed by atoms with E-state index in [4.69, 9.17) is 4.74 Å². The molecule has 2 aromatic heterocycles. The maximum atomic E-state index is 12.3. The number of alkyl carbamates (subject to hydrolysis) is 1. The molecule has 8 nitrogen and oxygen atoms in total. The molecule has 0 aliphatic carbocycles. The molecule has 0 radical (unpaired) electrons. The van der Waals surface area contributed by atoms with E-state index in [0.717, 1.165) is 0 Å². The monoisotopic (exact) mass is 366 g/mol. The first-order chi connectivity index (χ1) is 11.6. The zero-order valence-corrected chi connectivity index (χ0v) is 15.7. The minimum Gasteiger partial charge on any atom is -0.444 e. The SMILES string of the molecule is Cc1c(C(=O)NCCNC(=O)OC(C)(C)C)sc2ncn(C)c(=O)c12. The first kappa shape index (κ1) is 18.9. The van der Waals surface area contributed by atoms with Gasteiger partial charge in [0.2, 0.25) is 0 Å². The summed E-state index contributed by atoms with van der Waals surface area (Å²) < 4.78 is 6.49. The smallest absolute Gasteiger partial charge is 0.407 e. The Morgan fingerprint density at radius 1 is 1.28 bits per heavy atom. The molecular weight excluding hydrogens is 344 g/mol. The van der Waals surface area contributed by atoms with Crippen LogP contribution in [0.1, 0.15) is 36.0 Å². The number of aryl methyl sites for hydroxylation is 2. The average molecular weight is 366 g/mol. The van der Waals surface area contributed by atoms with Crippen LogP contribution in [0.3, 0.4) is 0 Å². The summed E-state index contributed by atoms with van der Waals surface area (Å²) in [6.45, 7) is 7.54. The van der Waals surface area contributed by atoms with Crippen LogP contribution in [0.5, 0.6) is 0 Å². The van der Waals surface area contributed by atoms with Gasteiger partial charge in [0.15, 0.2) is 0 Å². The lowest BCUT2D eigenvalue weighted by molar-refractivity contribution is 0.0526. The van der Waals surface area contributed by atoms with Gasteiger partial charge in [0.1, 0.15) is 10.4 Å². The number of nitrogens with one attached hydrogen (secondary N) is 2. The molecule has 2 N–H and O–H groups in total. The predicted octanol–water partition coefficient (Wildman–Crippen LogP) is 1.56. The Balaban J connectivity index is 1.97. The van der Waals surface area contributed by atoms with E-state index in [1.807, 2.05) is 0 Å². The summed E-state index contributed by atoms with van der Waals surface area (Å²) >= 11 is 1.18. The summed E-state index contributed by atoms with van der Waals surface area (Å²) in [4.78, 5) is 41.2. The van der Waals surface area contributed by atoms with Crippen molar-refractivity contribution in [3.05, 3.63) is 27.1 Å². The van der Waals surface area contributed by atoms with Crippen molar-refractivity contribution < 1.29 is 14.3 Å². The molecule has 0 bridgehead atoms. The lowest BCUT2D eigenvalue weighted by atomic mass is 10.2. The average Bonchev–Trinajstić information content (AvgIpc) is 2.83. The highest BCUT2D eigenvalue weighted by Crippen LogP contribution is 2.26. The number of fused-ring (bicyclic) bond motifs is 1. The molecule has 0 unspecified atom stereocenters. The Kier molecular flexibility index (Phi) is 5.46. The van der Waals surface area contributed by atoms with Crippen LogP contribution in [-0.4, -0.2) is 40.2 Å². The number of carbonyl (C=O) groups is 2. The lowest BCUT2D eigenvalue weighted by Gasteiger charge is -2.19. The van der Waals surface area contributed by atoms with Crippen molar-refractivity contribution in [2.24, 2.45) is 7.05 Å². The topological polar surface area (TPSA) is 102 Å². The molecule has 0 aliphatic heterocycles. The first-order valence-corrected chi connectivity index (χ1v) is 8.61. The fraction of sp³-hybridized carbons (Fsp3) is 0.500. The summed E-state index contributed by atoms with van der Waals surface area (Å²) in [5, 5.41) is 5.75. The van der Waals surface area contributed by atoms with E-state index in [1.54, 1.807) is 34.7 Å². The Morgan fingerprint density at radius 3 is 2.56 bits per heavy atom. The van der Waals surface area contributed by atoms with Crippen molar-refractivity contribution in [1.82, 2.24) is 20.2 Å². The number of nitrogens with zero attached hydrogens (tertiary/aromatic N) is 2. The van der Waals surface area contributed by atoms with Crippen LogP contribution in [0.25, 0.3) is 10.2 Å². The van der Waals surface area contributed by atoms with Gasteiger partial charge in [-0.2, -0.15) is 0 Å². The fourth-order valence-corrected chi connectivity index (χ4v) is 3.22. The van der Waals surface area contributed by atoms with Crippen molar-refractivity contribution in [2.75, 3.05) is 13.1 Å². The van der Waals surface area contributed by atoms with Gasteiger partial charge in [0, 0.05) is 20.1 Å². The normalized spacial score (nSPS) is 11.4. The molecule has 0 aromatic carbocycles. The van der Waals surface area contributed by atoms with E-state index in [2.05, 4.69) is 15.6 Å². The molecule has 0 fully saturated rings. The maximum absolute atomic E-state index is 12.3. The summed E-state index contributed by atoms with van der Waals surface area (Å²) in [5.41, 5.74) is -0.128. The highest BCUT2D eigenvalue weighted by molar-refractivity contribution is 7.20. The van der Waals surface area contributed by atoms with Gasteiger partial charge >= 0.3 is 6.09 Å². The zero-order chi connectivity index (χ0) is 18.8. The standard InChI is InChI=1S/C16H22N4O4S/c1-9-10-13(19-8-20(5)14(10)22)25-11(9)12(21)17-6-7-18-15(23)24-16(2,3)4/h8H,6-7H2,1-5H3,(H,17,21)(H,18,23). The lowest BCUT2D eigenvalue weighted by Crippen LogP contribution is -2.37.